The molecule has 0 saturated carbocycles. The van der Waals surface area contributed by atoms with Crippen LogP contribution in [0.5, 0.6) is 0 Å². The first-order valence-electron chi connectivity index (χ1n) is 5.45. The Hall–Kier alpha value is 0.629. The summed E-state index contributed by atoms with van der Waals surface area (Å²) in [4.78, 5) is 9.25. The molecule has 103 valence electrons. The number of phosphoric acid groups is 1. The molecule has 0 atom stereocenters. The molecule has 0 aromatic carbocycles. The molecule has 6 heteroatoms. The van der Waals surface area contributed by atoms with Crippen LogP contribution in [0, 0.1) is 11.8 Å². The van der Waals surface area contributed by atoms with Crippen molar-refractivity contribution in [2.24, 2.45) is 11.8 Å². The number of hydrogen-bond donors (Lipinski definition) is 1. The Morgan fingerprint density at radius 3 is 1.56 bits per heavy atom. The van der Waals surface area contributed by atoms with E-state index in [-0.39, 0.29) is 30.3 Å². The zero-order valence-corrected chi connectivity index (χ0v) is 12.2. The molecule has 0 bridgehead atoms. The van der Waals surface area contributed by atoms with E-state index in [2.05, 4.69) is 0 Å². The molecule has 0 aromatic rings. The molecule has 1 N–H and O–H groups in total. The van der Waals surface area contributed by atoms with Gasteiger partial charge in [0.25, 0.3) is 0 Å². The zero-order valence-electron chi connectivity index (χ0n) is 10.4. The van der Waals surface area contributed by atoms with E-state index in [1.54, 1.807) is 0 Å². The molecule has 0 aliphatic rings. The van der Waals surface area contributed by atoms with Gasteiger partial charge >= 0.3 is 7.82 Å². The van der Waals surface area contributed by atoms with Crippen molar-refractivity contribution in [3.05, 3.63) is 0 Å². The summed E-state index contributed by atoms with van der Waals surface area (Å²) in [5, 5.41) is 0. The number of hydrogen-bond acceptors (Lipinski definition) is 3. The maximum atomic E-state index is 11.3. The minimum atomic E-state index is -3.80. The van der Waals surface area contributed by atoms with Gasteiger partial charge in [0.2, 0.25) is 0 Å². The second kappa shape index (κ2) is 9.64. The monoisotopic (exact) mass is 301 g/mol. The Kier molecular flexibility index (Phi) is 11.4. The van der Waals surface area contributed by atoms with Gasteiger partial charge in [0.05, 0.1) is 13.2 Å². The fourth-order valence-electron chi connectivity index (χ4n) is 0.845. The Morgan fingerprint density at radius 1 is 1.00 bits per heavy atom. The minimum Gasteiger partial charge on any atom is -0.302 e. The van der Waals surface area contributed by atoms with Crippen molar-refractivity contribution in [2.75, 3.05) is 13.2 Å². The molecule has 0 fully saturated rings. The van der Waals surface area contributed by atoms with Crippen molar-refractivity contribution in [1.29, 1.82) is 0 Å². The molecule has 1 radical (unpaired) electrons. The number of rotatable bonds is 8. The summed E-state index contributed by atoms with van der Waals surface area (Å²) >= 11 is 0. The molecular formula is C10H23CuO4P. The Labute approximate surface area is 109 Å². The summed E-state index contributed by atoms with van der Waals surface area (Å²) in [5.41, 5.74) is 0. The third kappa shape index (κ3) is 12.7. The van der Waals surface area contributed by atoms with Crippen LogP contribution in [0.3, 0.4) is 0 Å². The third-order valence-electron chi connectivity index (χ3n) is 1.90. The van der Waals surface area contributed by atoms with Crippen LogP contribution in [0.1, 0.15) is 40.5 Å². The molecule has 0 amide bonds. The largest absolute Gasteiger partial charge is 0.472 e. The Bertz CT molecular complexity index is 191. The Morgan fingerprint density at radius 2 is 1.31 bits per heavy atom. The predicted octanol–water partition coefficient (Wildman–Crippen LogP) is 3.21. The summed E-state index contributed by atoms with van der Waals surface area (Å²) in [6.45, 7) is 8.67. The van der Waals surface area contributed by atoms with E-state index in [0.717, 1.165) is 12.8 Å². The first-order chi connectivity index (χ1) is 6.83. The van der Waals surface area contributed by atoms with Crippen molar-refractivity contribution in [3.63, 3.8) is 0 Å². The molecule has 0 aliphatic heterocycles. The summed E-state index contributed by atoms with van der Waals surface area (Å²) in [7, 11) is -3.80. The van der Waals surface area contributed by atoms with Gasteiger partial charge in [-0.15, -0.1) is 0 Å². The second-order valence-corrected chi connectivity index (χ2v) is 5.95. The van der Waals surface area contributed by atoms with Gasteiger partial charge < -0.3 is 4.89 Å². The van der Waals surface area contributed by atoms with Crippen LogP contribution in [-0.2, 0) is 30.7 Å². The van der Waals surface area contributed by atoms with Gasteiger partial charge in [0.15, 0.2) is 0 Å². The zero-order chi connectivity index (χ0) is 11.9. The molecule has 0 rings (SSSR count). The normalized spacial score (nSPS) is 11.9. The molecule has 0 aliphatic carbocycles. The summed E-state index contributed by atoms with van der Waals surface area (Å²) in [6.07, 6.45) is 1.52. The van der Waals surface area contributed by atoms with Crippen LogP contribution in [0.25, 0.3) is 0 Å². The average molecular weight is 302 g/mol. The molecule has 16 heavy (non-hydrogen) atoms. The predicted molar refractivity (Wildman–Crippen MR) is 60.6 cm³/mol. The van der Waals surface area contributed by atoms with Crippen molar-refractivity contribution >= 4 is 7.82 Å². The van der Waals surface area contributed by atoms with Crippen molar-refractivity contribution in [1.82, 2.24) is 0 Å². The smallest absolute Gasteiger partial charge is 0.302 e. The van der Waals surface area contributed by atoms with Crippen LogP contribution in [-0.4, -0.2) is 18.1 Å². The SMILES string of the molecule is CC(C)CCOP(=O)(O)OCCC(C)C.[Cu]. The van der Waals surface area contributed by atoms with Gasteiger partial charge in [-0.05, 0) is 24.7 Å². The fourth-order valence-corrected chi connectivity index (χ4v) is 1.59. The molecule has 0 spiro atoms. The second-order valence-electron chi connectivity index (χ2n) is 4.50. The van der Waals surface area contributed by atoms with Crippen LogP contribution in [0.2, 0.25) is 0 Å². The van der Waals surface area contributed by atoms with Crippen molar-refractivity contribution in [2.45, 2.75) is 40.5 Å². The first-order valence-corrected chi connectivity index (χ1v) is 6.95. The van der Waals surface area contributed by atoms with Crippen molar-refractivity contribution in [3.8, 4) is 0 Å². The van der Waals surface area contributed by atoms with E-state index in [1.807, 2.05) is 27.7 Å². The average Bonchev–Trinajstić information content (AvgIpc) is 2.01. The van der Waals surface area contributed by atoms with Crippen LogP contribution >= 0.6 is 7.82 Å². The quantitative estimate of drug-likeness (QED) is 0.552. The maximum absolute atomic E-state index is 11.3. The van der Waals surface area contributed by atoms with Crippen LogP contribution < -0.4 is 0 Å². The van der Waals surface area contributed by atoms with Crippen molar-refractivity contribution < 1.29 is 35.6 Å². The van der Waals surface area contributed by atoms with E-state index >= 15 is 0 Å². The minimum absolute atomic E-state index is 0. The summed E-state index contributed by atoms with van der Waals surface area (Å²) < 4.78 is 20.9. The number of phosphoric ester groups is 1. The molecule has 0 heterocycles. The van der Waals surface area contributed by atoms with Crippen LogP contribution in [0.4, 0.5) is 0 Å². The van der Waals surface area contributed by atoms with E-state index in [0.29, 0.717) is 11.8 Å². The van der Waals surface area contributed by atoms with E-state index in [9.17, 15) is 9.46 Å². The molecule has 0 aromatic heterocycles. The first kappa shape index (κ1) is 19.0. The van der Waals surface area contributed by atoms with Gasteiger partial charge in [-0.25, -0.2) is 4.57 Å². The molecule has 4 nitrogen and oxygen atoms in total. The third-order valence-corrected chi connectivity index (χ3v) is 2.92. The Balaban J connectivity index is 0. The van der Waals surface area contributed by atoms with Gasteiger partial charge in [0, 0.05) is 17.1 Å². The van der Waals surface area contributed by atoms with E-state index < -0.39 is 7.82 Å². The maximum Gasteiger partial charge on any atom is 0.472 e. The topological polar surface area (TPSA) is 55.8 Å². The molecular weight excluding hydrogens is 279 g/mol. The summed E-state index contributed by atoms with van der Waals surface area (Å²) in [6, 6.07) is 0. The fraction of sp³-hybridized carbons (Fsp3) is 1.00. The standard InChI is InChI=1S/C10H23O4P.Cu/c1-9(2)5-7-13-15(11,12)14-8-6-10(3)4;/h9-10H,5-8H2,1-4H3,(H,11,12);. The van der Waals surface area contributed by atoms with E-state index in [4.69, 9.17) is 9.05 Å². The molecule has 0 unspecified atom stereocenters. The van der Waals surface area contributed by atoms with Gasteiger partial charge in [-0.1, -0.05) is 27.7 Å². The van der Waals surface area contributed by atoms with Gasteiger partial charge in [-0.2, -0.15) is 0 Å². The van der Waals surface area contributed by atoms with E-state index in [1.165, 1.54) is 0 Å². The van der Waals surface area contributed by atoms with Crippen LogP contribution in [0.15, 0.2) is 0 Å². The summed E-state index contributed by atoms with van der Waals surface area (Å²) in [5.74, 6) is 0.918. The van der Waals surface area contributed by atoms with Gasteiger partial charge in [-0.3, -0.25) is 9.05 Å². The molecule has 0 saturated heterocycles. The van der Waals surface area contributed by atoms with Gasteiger partial charge in [0.1, 0.15) is 0 Å².